The molecule has 84 valence electrons. The van der Waals surface area contributed by atoms with Gasteiger partial charge in [-0.15, -0.1) is 10.2 Å². The van der Waals surface area contributed by atoms with Crippen LogP contribution < -0.4 is 5.73 Å². The summed E-state index contributed by atoms with van der Waals surface area (Å²) in [5.74, 6) is 0.841. The Morgan fingerprint density at radius 3 is 2.88 bits per heavy atom. The molecule has 0 saturated carbocycles. The van der Waals surface area contributed by atoms with Crippen molar-refractivity contribution in [2.24, 2.45) is 5.73 Å². The highest BCUT2D eigenvalue weighted by molar-refractivity contribution is 9.10. The minimum Gasteiger partial charge on any atom is -0.418 e. The fraction of sp³-hybridized carbons (Fsp3) is 0.300. The average Bonchev–Trinajstić information content (AvgIpc) is 2.78. The Morgan fingerprint density at radius 1 is 1.44 bits per heavy atom. The van der Waals surface area contributed by atoms with Crippen molar-refractivity contribution in [2.75, 3.05) is 0 Å². The van der Waals surface area contributed by atoms with E-state index in [1.807, 2.05) is 13.0 Å². The first kappa shape index (κ1) is 11.2. The molecule has 2 rings (SSSR count). The van der Waals surface area contributed by atoms with Gasteiger partial charge in [0.1, 0.15) is 5.69 Å². The highest BCUT2D eigenvalue weighted by Crippen LogP contribution is 2.20. The van der Waals surface area contributed by atoms with Crippen LogP contribution in [-0.4, -0.2) is 15.2 Å². The van der Waals surface area contributed by atoms with Crippen LogP contribution in [0.15, 0.2) is 27.2 Å². The monoisotopic (exact) mass is 282 g/mol. The smallest absolute Gasteiger partial charge is 0.266 e. The van der Waals surface area contributed by atoms with Gasteiger partial charge in [-0.2, -0.15) is 0 Å². The predicted molar refractivity (Wildman–Crippen MR) is 62.4 cm³/mol. The lowest BCUT2D eigenvalue weighted by Gasteiger charge is -2.00. The van der Waals surface area contributed by atoms with Gasteiger partial charge in [0.15, 0.2) is 0 Å². The van der Waals surface area contributed by atoms with E-state index in [0.717, 1.165) is 10.9 Å². The minimum atomic E-state index is -0.211. The Morgan fingerprint density at radius 2 is 2.25 bits per heavy atom. The fourth-order valence-electron chi connectivity index (χ4n) is 1.16. The summed E-state index contributed by atoms with van der Waals surface area (Å²) in [4.78, 5) is 4.16. The molecule has 5 nitrogen and oxygen atoms in total. The lowest BCUT2D eigenvalue weighted by atomic mass is 10.2. The van der Waals surface area contributed by atoms with Gasteiger partial charge in [0.2, 0.25) is 5.89 Å². The zero-order chi connectivity index (χ0) is 11.5. The third-order valence-corrected chi connectivity index (χ3v) is 2.61. The van der Waals surface area contributed by atoms with E-state index >= 15 is 0 Å². The first-order chi connectivity index (χ1) is 7.70. The summed E-state index contributed by atoms with van der Waals surface area (Å²) < 4.78 is 6.34. The van der Waals surface area contributed by atoms with Gasteiger partial charge < -0.3 is 10.2 Å². The Labute approximate surface area is 101 Å². The second kappa shape index (κ2) is 4.71. The van der Waals surface area contributed by atoms with Crippen LogP contribution in [0.2, 0.25) is 0 Å². The van der Waals surface area contributed by atoms with Gasteiger partial charge in [0, 0.05) is 10.7 Å². The van der Waals surface area contributed by atoms with Gasteiger partial charge in [-0.25, -0.2) is 4.98 Å². The van der Waals surface area contributed by atoms with Crippen LogP contribution in [0.4, 0.5) is 0 Å². The van der Waals surface area contributed by atoms with E-state index in [0.29, 0.717) is 17.5 Å². The number of nitrogens with two attached hydrogens (primary N) is 1. The summed E-state index contributed by atoms with van der Waals surface area (Å²) in [5.41, 5.74) is 6.43. The zero-order valence-electron chi connectivity index (χ0n) is 8.72. The quantitative estimate of drug-likeness (QED) is 0.935. The van der Waals surface area contributed by atoms with Crippen molar-refractivity contribution in [1.82, 2.24) is 15.2 Å². The van der Waals surface area contributed by atoms with E-state index in [-0.39, 0.29) is 6.04 Å². The Bertz CT molecular complexity index is 468. The van der Waals surface area contributed by atoms with Crippen LogP contribution in [0, 0.1) is 0 Å². The molecule has 0 radical (unpaired) electrons. The molecule has 0 amide bonds. The lowest BCUT2D eigenvalue weighted by molar-refractivity contribution is 0.452. The number of halogens is 1. The molecule has 0 saturated heterocycles. The van der Waals surface area contributed by atoms with Crippen molar-refractivity contribution < 1.29 is 4.42 Å². The number of aromatic nitrogens is 3. The molecule has 2 aromatic heterocycles. The molecule has 0 aliphatic heterocycles. The zero-order valence-corrected chi connectivity index (χ0v) is 10.3. The van der Waals surface area contributed by atoms with Crippen molar-refractivity contribution >= 4 is 15.9 Å². The van der Waals surface area contributed by atoms with Crippen molar-refractivity contribution in [3.63, 3.8) is 0 Å². The van der Waals surface area contributed by atoms with Crippen LogP contribution in [-0.2, 0) is 0 Å². The number of nitrogens with zero attached hydrogens (tertiary/aromatic N) is 3. The summed E-state index contributed by atoms with van der Waals surface area (Å²) in [7, 11) is 0. The first-order valence-electron chi connectivity index (χ1n) is 4.91. The highest BCUT2D eigenvalue weighted by atomic mass is 79.9. The Hall–Kier alpha value is -1.27. The van der Waals surface area contributed by atoms with Gasteiger partial charge in [-0.05, 0) is 34.5 Å². The van der Waals surface area contributed by atoms with Crippen molar-refractivity contribution in [1.29, 1.82) is 0 Å². The highest BCUT2D eigenvalue weighted by Gasteiger charge is 2.14. The van der Waals surface area contributed by atoms with E-state index in [9.17, 15) is 0 Å². The molecule has 0 aromatic carbocycles. The van der Waals surface area contributed by atoms with Crippen molar-refractivity contribution in [2.45, 2.75) is 19.4 Å². The van der Waals surface area contributed by atoms with E-state index in [2.05, 4.69) is 31.1 Å². The topological polar surface area (TPSA) is 77.8 Å². The second-order valence-electron chi connectivity index (χ2n) is 3.32. The molecule has 2 aromatic rings. The Kier molecular flexibility index (Phi) is 3.31. The first-order valence-corrected chi connectivity index (χ1v) is 5.71. The molecule has 0 aliphatic rings. The maximum atomic E-state index is 5.79. The van der Waals surface area contributed by atoms with E-state index in [1.54, 1.807) is 12.3 Å². The van der Waals surface area contributed by atoms with Crippen LogP contribution >= 0.6 is 15.9 Å². The third-order valence-electron chi connectivity index (χ3n) is 2.14. The summed E-state index contributed by atoms with van der Waals surface area (Å²) in [5, 5.41) is 7.80. The molecule has 6 heteroatoms. The summed E-state index contributed by atoms with van der Waals surface area (Å²) >= 11 is 3.31. The normalized spacial score (nSPS) is 12.7. The molecule has 1 unspecified atom stereocenters. The molecule has 2 heterocycles. The van der Waals surface area contributed by atoms with Gasteiger partial charge in [-0.1, -0.05) is 6.92 Å². The molecular formula is C10H11BrN4O. The number of pyridine rings is 1. The van der Waals surface area contributed by atoms with Crippen molar-refractivity contribution in [3.05, 3.63) is 28.7 Å². The lowest BCUT2D eigenvalue weighted by Crippen LogP contribution is -2.08. The fourth-order valence-corrected chi connectivity index (χ4v) is 1.40. The molecule has 0 aliphatic carbocycles. The minimum absolute atomic E-state index is 0.211. The van der Waals surface area contributed by atoms with E-state index in [4.69, 9.17) is 10.2 Å². The Balaban J connectivity index is 2.28. The summed E-state index contributed by atoms with van der Waals surface area (Å²) in [6.07, 6.45) is 2.44. The van der Waals surface area contributed by atoms with Gasteiger partial charge in [0.05, 0.1) is 6.04 Å². The molecule has 1 atom stereocenters. The number of hydrogen-bond donors (Lipinski definition) is 1. The summed E-state index contributed by atoms with van der Waals surface area (Å²) in [6, 6.07) is 3.46. The van der Waals surface area contributed by atoms with Crippen LogP contribution in [0.3, 0.4) is 0 Å². The molecule has 0 spiro atoms. The number of rotatable bonds is 3. The number of hydrogen-bond acceptors (Lipinski definition) is 5. The standard InChI is InChI=1S/C10H11BrN4O/c1-2-7(12)9-14-15-10(16-9)8-4-3-6(11)5-13-8/h3-5,7H,2,12H2,1H3. The SMILES string of the molecule is CCC(N)c1nnc(-c2ccc(Br)cn2)o1. The second-order valence-corrected chi connectivity index (χ2v) is 4.24. The molecule has 0 fully saturated rings. The molecule has 2 N–H and O–H groups in total. The van der Waals surface area contributed by atoms with Crippen LogP contribution in [0.5, 0.6) is 0 Å². The molecular weight excluding hydrogens is 272 g/mol. The third kappa shape index (κ3) is 2.28. The van der Waals surface area contributed by atoms with Crippen LogP contribution in [0.1, 0.15) is 25.3 Å². The average molecular weight is 283 g/mol. The largest absolute Gasteiger partial charge is 0.418 e. The van der Waals surface area contributed by atoms with Crippen molar-refractivity contribution in [3.8, 4) is 11.6 Å². The molecule has 0 bridgehead atoms. The van der Waals surface area contributed by atoms with Gasteiger partial charge in [-0.3, -0.25) is 0 Å². The maximum absolute atomic E-state index is 5.79. The maximum Gasteiger partial charge on any atom is 0.266 e. The van der Waals surface area contributed by atoms with E-state index < -0.39 is 0 Å². The molecule has 16 heavy (non-hydrogen) atoms. The summed E-state index contributed by atoms with van der Waals surface area (Å²) in [6.45, 7) is 1.96. The van der Waals surface area contributed by atoms with Gasteiger partial charge in [0.25, 0.3) is 5.89 Å². The van der Waals surface area contributed by atoms with Crippen LogP contribution in [0.25, 0.3) is 11.6 Å². The predicted octanol–water partition coefficient (Wildman–Crippen LogP) is 2.30. The van der Waals surface area contributed by atoms with E-state index in [1.165, 1.54) is 0 Å². The van der Waals surface area contributed by atoms with Gasteiger partial charge >= 0.3 is 0 Å².